The van der Waals surface area contributed by atoms with Gasteiger partial charge in [-0.1, -0.05) is 24.3 Å². The van der Waals surface area contributed by atoms with Crippen LogP contribution in [0.2, 0.25) is 0 Å². The number of amides is 1. The molecule has 0 aliphatic carbocycles. The maximum absolute atomic E-state index is 11.9. The molecule has 2 aromatic carbocycles. The lowest BCUT2D eigenvalue weighted by atomic mass is 10.1. The topological polar surface area (TPSA) is 116 Å². The molecule has 0 radical (unpaired) electrons. The van der Waals surface area contributed by atoms with Gasteiger partial charge < -0.3 is 10.1 Å². The van der Waals surface area contributed by atoms with Crippen molar-refractivity contribution < 1.29 is 22.7 Å². The monoisotopic (exact) mass is 440 g/mol. The van der Waals surface area contributed by atoms with Gasteiger partial charge in [-0.15, -0.1) is 0 Å². The second kappa shape index (κ2) is 8.93. The van der Waals surface area contributed by atoms with E-state index in [9.17, 15) is 18.0 Å². The summed E-state index contributed by atoms with van der Waals surface area (Å²) in [5.41, 5.74) is 1.18. The fraction of sp³-hybridized carbons (Fsp3) is 0.176. The molecule has 0 aliphatic rings. The normalized spacial score (nSPS) is 11.0. The van der Waals surface area contributed by atoms with Crippen LogP contribution >= 0.6 is 15.9 Å². The molecule has 2 aromatic rings. The number of benzene rings is 2. The molecule has 0 atom stereocenters. The van der Waals surface area contributed by atoms with Crippen LogP contribution in [-0.4, -0.2) is 33.4 Å². The van der Waals surface area contributed by atoms with Gasteiger partial charge in [0.25, 0.3) is 5.91 Å². The Kier molecular flexibility index (Phi) is 6.90. The number of sulfonamides is 1. The van der Waals surface area contributed by atoms with Gasteiger partial charge in [0.2, 0.25) is 10.0 Å². The van der Waals surface area contributed by atoms with E-state index in [0.717, 1.165) is 5.56 Å². The minimum absolute atomic E-state index is 0.0317. The minimum atomic E-state index is -3.72. The third-order valence-electron chi connectivity index (χ3n) is 3.42. The number of nitrogens with one attached hydrogen (secondary N) is 1. The largest absolute Gasteiger partial charge is 0.452 e. The zero-order valence-electron chi connectivity index (χ0n) is 13.6. The van der Waals surface area contributed by atoms with E-state index in [0.29, 0.717) is 23.0 Å². The third kappa shape index (κ3) is 5.94. The zero-order valence-corrected chi connectivity index (χ0v) is 16.0. The molecule has 9 heteroatoms. The fourth-order valence-electron chi connectivity index (χ4n) is 2.08. The molecule has 0 saturated carbocycles. The van der Waals surface area contributed by atoms with Gasteiger partial charge in [0.05, 0.1) is 10.5 Å². The highest BCUT2D eigenvalue weighted by atomic mass is 79.9. The van der Waals surface area contributed by atoms with Crippen molar-refractivity contribution in [2.45, 2.75) is 11.3 Å². The van der Waals surface area contributed by atoms with Gasteiger partial charge in [-0.3, -0.25) is 4.79 Å². The predicted octanol–water partition coefficient (Wildman–Crippen LogP) is 1.61. The number of ether oxygens (including phenoxy) is 1. The first-order valence-corrected chi connectivity index (χ1v) is 9.91. The van der Waals surface area contributed by atoms with Crippen LogP contribution in [-0.2, 0) is 26.0 Å². The van der Waals surface area contributed by atoms with Crippen LogP contribution in [0.3, 0.4) is 0 Å². The van der Waals surface area contributed by atoms with Crippen molar-refractivity contribution in [3.05, 3.63) is 64.1 Å². The average molecular weight is 441 g/mol. The Morgan fingerprint density at radius 1 is 1.08 bits per heavy atom. The standard InChI is InChI=1S/C17H17BrN2O5S/c18-15-4-2-1-3-14(15)17(22)25-11-16(21)20-10-9-12-5-7-13(8-6-12)26(19,23)24/h1-8H,9-11H2,(H,20,21)(H2,19,23,24). The van der Waals surface area contributed by atoms with Gasteiger partial charge >= 0.3 is 5.97 Å². The molecule has 138 valence electrons. The van der Waals surface area contributed by atoms with Crippen molar-refractivity contribution in [1.29, 1.82) is 0 Å². The van der Waals surface area contributed by atoms with Crippen LogP contribution in [0.4, 0.5) is 0 Å². The van der Waals surface area contributed by atoms with Crippen LogP contribution in [0.1, 0.15) is 15.9 Å². The summed E-state index contributed by atoms with van der Waals surface area (Å²) in [7, 11) is -3.72. The van der Waals surface area contributed by atoms with E-state index in [2.05, 4.69) is 21.2 Å². The fourth-order valence-corrected chi connectivity index (χ4v) is 3.04. The Morgan fingerprint density at radius 3 is 2.35 bits per heavy atom. The molecule has 0 spiro atoms. The van der Waals surface area contributed by atoms with E-state index < -0.39 is 21.9 Å². The van der Waals surface area contributed by atoms with Crippen molar-refractivity contribution in [3.63, 3.8) is 0 Å². The van der Waals surface area contributed by atoms with Gasteiger partial charge in [0.1, 0.15) is 0 Å². The van der Waals surface area contributed by atoms with E-state index in [4.69, 9.17) is 9.88 Å². The lowest BCUT2D eigenvalue weighted by molar-refractivity contribution is -0.124. The molecule has 2 rings (SSSR count). The van der Waals surface area contributed by atoms with Gasteiger partial charge in [-0.05, 0) is 52.2 Å². The van der Waals surface area contributed by atoms with E-state index in [1.807, 2.05) is 0 Å². The molecule has 0 heterocycles. The Hall–Kier alpha value is -2.23. The number of halogens is 1. The lowest BCUT2D eigenvalue weighted by Crippen LogP contribution is -2.30. The molecule has 0 fully saturated rings. The van der Waals surface area contributed by atoms with Crippen LogP contribution in [0.5, 0.6) is 0 Å². The van der Waals surface area contributed by atoms with Crippen molar-refractivity contribution in [2.24, 2.45) is 5.14 Å². The van der Waals surface area contributed by atoms with E-state index in [1.165, 1.54) is 12.1 Å². The van der Waals surface area contributed by atoms with Crippen molar-refractivity contribution >= 4 is 37.8 Å². The van der Waals surface area contributed by atoms with E-state index in [1.54, 1.807) is 36.4 Å². The second-order valence-electron chi connectivity index (χ2n) is 5.34. The van der Waals surface area contributed by atoms with Gasteiger partial charge in [0, 0.05) is 11.0 Å². The van der Waals surface area contributed by atoms with Crippen LogP contribution < -0.4 is 10.5 Å². The van der Waals surface area contributed by atoms with E-state index >= 15 is 0 Å². The van der Waals surface area contributed by atoms with Crippen LogP contribution in [0, 0.1) is 0 Å². The summed E-state index contributed by atoms with van der Waals surface area (Å²) >= 11 is 3.24. The molecule has 0 saturated heterocycles. The molecule has 0 unspecified atom stereocenters. The molecular weight excluding hydrogens is 424 g/mol. The minimum Gasteiger partial charge on any atom is -0.452 e. The van der Waals surface area contributed by atoms with Gasteiger partial charge in [-0.25, -0.2) is 18.4 Å². The summed E-state index contributed by atoms with van der Waals surface area (Å²) in [5.74, 6) is -1.02. The summed E-state index contributed by atoms with van der Waals surface area (Å²) < 4.78 is 27.9. The van der Waals surface area contributed by atoms with Crippen LogP contribution in [0.25, 0.3) is 0 Å². The average Bonchev–Trinajstić information content (AvgIpc) is 2.60. The van der Waals surface area contributed by atoms with Gasteiger partial charge in [-0.2, -0.15) is 0 Å². The molecule has 1 amide bonds. The molecule has 0 aliphatic heterocycles. The number of hydrogen-bond donors (Lipinski definition) is 2. The summed E-state index contributed by atoms with van der Waals surface area (Å²) in [6.07, 6.45) is 0.495. The summed E-state index contributed by atoms with van der Waals surface area (Å²) in [4.78, 5) is 23.7. The Morgan fingerprint density at radius 2 is 1.73 bits per heavy atom. The Balaban J connectivity index is 1.75. The number of nitrogens with two attached hydrogens (primary N) is 1. The first kappa shape index (κ1) is 20.1. The molecule has 3 N–H and O–H groups in total. The molecule has 26 heavy (non-hydrogen) atoms. The highest BCUT2D eigenvalue weighted by molar-refractivity contribution is 9.10. The maximum atomic E-state index is 11.9. The first-order chi connectivity index (χ1) is 12.3. The SMILES string of the molecule is NS(=O)(=O)c1ccc(CCNC(=O)COC(=O)c2ccccc2Br)cc1. The maximum Gasteiger partial charge on any atom is 0.339 e. The number of carbonyl (C=O) groups is 2. The second-order valence-corrected chi connectivity index (χ2v) is 7.76. The van der Waals surface area contributed by atoms with Gasteiger partial charge in [0.15, 0.2) is 6.61 Å². The van der Waals surface area contributed by atoms with E-state index in [-0.39, 0.29) is 11.5 Å². The highest BCUT2D eigenvalue weighted by Crippen LogP contribution is 2.16. The summed E-state index contributed by atoms with van der Waals surface area (Å²) in [5, 5.41) is 7.65. The quantitative estimate of drug-likeness (QED) is 0.634. The predicted molar refractivity (Wildman–Crippen MR) is 99.0 cm³/mol. The number of rotatable bonds is 7. The summed E-state index contributed by atoms with van der Waals surface area (Å²) in [6, 6.07) is 12.8. The smallest absolute Gasteiger partial charge is 0.339 e. The molecular formula is C17H17BrN2O5S. The van der Waals surface area contributed by atoms with Crippen molar-refractivity contribution in [1.82, 2.24) is 5.32 Å². The molecule has 0 aromatic heterocycles. The van der Waals surface area contributed by atoms with Crippen LogP contribution in [0.15, 0.2) is 57.9 Å². The molecule has 0 bridgehead atoms. The third-order valence-corrected chi connectivity index (χ3v) is 5.04. The lowest BCUT2D eigenvalue weighted by Gasteiger charge is -2.08. The zero-order chi connectivity index (χ0) is 19.2. The van der Waals surface area contributed by atoms with Crippen molar-refractivity contribution in [2.75, 3.05) is 13.2 Å². The molecule has 7 nitrogen and oxygen atoms in total. The number of carbonyl (C=O) groups excluding carboxylic acids is 2. The summed E-state index contributed by atoms with van der Waals surface area (Å²) in [6.45, 7) is -0.0648. The Labute approximate surface area is 159 Å². The highest BCUT2D eigenvalue weighted by Gasteiger charge is 2.12. The number of primary sulfonamides is 1. The number of hydrogen-bond acceptors (Lipinski definition) is 5. The Bertz CT molecular complexity index is 898. The number of esters is 1. The first-order valence-electron chi connectivity index (χ1n) is 7.57. The van der Waals surface area contributed by atoms with Crippen molar-refractivity contribution in [3.8, 4) is 0 Å².